The summed E-state index contributed by atoms with van der Waals surface area (Å²) < 4.78 is 0. The van der Waals surface area contributed by atoms with Gasteiger partial charge in [0.2, 0.25) is 5.91 Å². The first-order chi connectivity index (χ1) is 14.0. The molecule has 3 N–H and O–H groups in total. The average molecular weight is 399 g/mol. The molecule has 1 aromatic heterocycles. The van der Waals surface area contributed by atoms with E-state index in [-0.39, 0.29) is 11.8 Å². The van der Waals surface area contributed by atoms with Crippen LogP contribution in [0.25, 0.3) is 0 Å². The number of carbonyl (C=O) groups is 2. The second-order valence-corrected chi connectivity index (χ2v) is 7.10. The number of pyridine rings is 1. The molecule has 1 unspecified atom stereocenters. The first-order valence-corrected chi connectivity index (χ1v) is 9.87. The van der Waals surface area contributed by atoms with E-state index in [0.29, 0.717) is 30.6 Å². The van der Waals surface area contributed by atoms with Crippen LogP contribution in [-0.4, -0.2) is 45.6 Å². The number of aliphatic hydroxyl groups is 1. The smallest absolute Gasteiger partial charge is 0.253 e. The number of carbonyl (C=O) groups excluding carboxylic acids is 2. The van der Waals surface area contributed by atoms with Gasteiger partial charge in [-0.3, -0.25) is 19.8 Å². The number of aromatic nitrogens is 1. The Kier molecular flexibility index (Phi) is 9.27. The molecule has 0 fully saturated rings. The topological polar surface area (TPSA) is 103 Å². The standard InChI is InChI=1S/C22H29N3O4/c1-25(15-7-3-2-4-9-21(27)24-29)22(28)18-12-10-17(11-13-18)16-20(26)19-8-5-6-14-23-19/h5-6,8,10-14,20,26,29H,2-4,7,9,15-16H2,1H3,(H,24,27). The van der Waals surface area contributed by atoms with Crippen LogP contribution in [0.3, 0.4) is 0 Å². The van der Waals surface area contributed by atoms with Crippen LogP contribution < -0.4 is 5.48 Å². The largest absolute Gasteiger partial charge is 0.386 e. The number of benzene rings is 1. The molecule has 1 atom stereocenters. The summed E-state index contributed by atoms with van der Waals surface area (Å²) in [6, 6.07) is 12.7. The van der Waals surface area contributed by atoms with E-state index < -0.39 is 6.10 Å². The van der Waals surface area contributed by atoms with E-state index in [4.69, 9.17) is 5.21 Å². The number of hydrogen-bond donors (Lipinski definition) is 3. The molecule has 7 nitrogen and oxygen atoms in total. The summed E-state index contributed by atoms with van der Waals surface area (Å²) >= 11 is 0. The number of aliphatic hydroxyl groups excluding tert-OH is 1. The van der Waals surface area contributed by atoms with Gasteiger partial charge in [0.15, 0.2) is 0 Å². The number of amides is 2. The van der Waals surface area contributed by atoms with Crippen molar-refractivity contribution in [3.63, 3.8) is 0 Å². The highest BCUT2D eigenvalue weighted by Crippen LogP contribution is 2.17. The molecule has 0 saturated carbocycles. The van der Waals surface area contributed by atoms with Crippen molar-refractivity contribution >= 4 is 11.8 Å². The van der Waals surface area contributed by atoms with Crippen molar-refractivity contribution in [1.82, 2.24) is 15.4 Å². The highest BCUT2D eigenvalue weighted by Gasteiger charge is 2.13. The minimum absolute atomic E-state index is 0.0403. The maximum Gasteiger partial charge on any atom is 0.253 e. The Labute approximate surface area is 171 Å². The lowest BCUT2D eigenvalue weighted by Gasteiger charge is -2.17. The minimum Gasteiger partial charge on any atom is -0.386 e. The molecule has 2 aromatic rings. The molecule has 0 saturated heterocycles. The lowest BCUT2D eigenvalue weighted by Crippen LogP contribution is -2.27. The first-order valence-electron chi connectivity index (χ1n) is 9.87. The Bertz CT molecular complexity index is 765. The quantitative estimate of drug-likeness (QED) is 0.306. The van der Waals surface area contributed by atoms with Crippen molar-refractivity contribution in [1.29, 1.82) is 0 Å². The van der Waals surface area contributed by atoms with Crippen molar-refractivity contribution in [2.45, 2.75) is 44.6 Å². The Morgan fingerprint density at radius 3 is 2.45 bits per heavy atom. The van der Waals surface area contributed by atoms with E-state index in [1.54, 1.807) is 41.8 Å². The van der Waals surface area contributed by atoms with Gasteiger partial charge >= 0.3 is 0 Å². The molecule has 156 valence electrons. The fraction of sp³-hybridized carbons (Fsp3) is 0.409. The minimum atomic E-state index is -0.677. The van der Waals surface area contributed by atoms with Crippen molar-refractivity contribution in [2.24, 2.45) is 0 Å². The highest BCUT2D eigenvalue weighted by atomic mass is 16.5. The van der Waals surface area contributed by atoms with E-state index in [2.05, 4.69) is 4.98 Å². The van der Waals surface area contributed by atoms with Crippen molar-refractivity contribution < 1.29 is 19.9 Å². The fourth-order valence-electron chi connectivity index (χ4n) is 3.05. The van der Waals surface area contributed by atoms with Crippen LogP contribution >= 0.6 is 0 Å². The third kappa shape index (κ3) is 7.63. The second kappa shape index (κ2) is 11.9. The van der Waals surface area contributed by atoms with Crippen molar-refractivity contribution in [2.75, 3.05) is 13.6 Å². The molecule has 2 amide bonds. The van der Waals surface area contributed by atoms with Gasteiger partial charge in [-0.25, -0.2) is 5.48 Å². The fourth-order valence-corrected chi connectivity index (χ4v) is 3.05. The van der Waals surface area contributed by atoms with E-state index in [9.17, 15) is 14.7 Å². The summed E-state index contributed by atoms with van der Waals surface area (Å²) in [6.45, 7) is 0.644. The van der Waals surface area contributed by atoms with Crippen LogP contribution in [0.4, 0.5) is 0 Å². The van der Waals surface area contributed by atoms with Crippen LogP contribution in [0, 0.1) is 0 Å². The van der Waals surface area contributed by atoms with Crippen LogP contribution in [0.2, 0.25) is 0 Å². The Hall–Kier alpha value is -2.77. The molecule has 0 aliphatic heterocycles. The molecular weight excluding hydrogens is 370 g/mol. The SMILES string of the molecule is CN(CCCCCCC(=O)NO)C(=O)c1ccc(CC(O)c2ccccn2)cc1. The molecule has 2 rings (SSSR count). The predicted molar refractivity (Wildman–Crippen MR) is 109 cm³/mol. The van der Waals surface area contributed by atoms with Gasteiger partial charge in [-0.15, -0.1) is 0 Å². The Morgan fingerprint density at radius 1 is 1.07 bits per heavy atom. The predicted octanol–water partition coefficient (Wildman–Crippen LogP) is 2.89. The summed E-state index contributed by atoms with van der Waals surface area (Å²) in [4.78, 5) is 29.3. The van der Waals surface area contributed by atoms with E-state index in [1.165, 1.54) is 0 Å². The van der Waals surface area contributed by atoms with E-state index in [0.717, 1.165) is 31.2 Å². The monoisotopic (exact) mass is 399 g/mol. The molecule has 0 aliphatic rings. The highest BCUT2D eigenvalue weighted by molar-refractivity contribution is 5.94. The van der Waals surface area contributed by atoms with Crippen molar-refractivity contribution in [3.05, 3.63) is 65.5 Å². The van der Waals surface area contributed by atoms with Crippen LogP contribution in [0.1, 0.15) is 59.8 Å². The molecule has 0 radical (unpaired) electrons. The third-order valence-corrected chi connectivity index (χ3v) is 4.78. The second-order valence-electron chi connectivity index (χ2n) is 7.10. The van der Waals surface area contributed by atoms with Crippen LogP contribution in [0.5, 0.6) is 0 Å². The summed E-state index contributed by atoms with van der Waals surface area (Å²) in [5.41, 5.74) is 3.80. The molecule has 0 aliphatic carbocycles. The number of rotatable bonds is 11. The zero-order valence-corrected chi connectivity index (χ0v) is 16.8. The van der Waals surface area contributed by atoms with Gasteiger partial charge in [-0.1, -0.05) is 31.0 Å². The van der Waals surface area contributed by atoms with Gasteiger partial charge in [0.25, 0.3) is 5.91 Å². The molecule has 1 aromatic carbocycles. The number of unbranched alkanes of at least 4 members (excludes halogenated alkanes) is 3. The Morgan fingerprint density at radius 2 is 1.79 bits per heavy atom. The number of nitrogens with zero attached hydrogens (tertiary/aromatic N) is 2. The van der Waals surface area contributed by atoms with Crippen LogP contribution in [-0.2, 0) is 11.2 Å². The third-order valence-electron chi connectivity index (χ3n) is 4.78. The van der Waals surface area contributed by atoms with E-state index >= 15 is 0 Å². The summed E-state index contributed by atoms with van der Waals surface area (Å²) in [5, 5.41) is 18.7. The van der Waals surface area contributed by atoms with Crippen molar-refractivity contribution in [3.8, 4) is 0 Å². The summed E-state index contributed by atoms with van der Waals surface area (Å²) in [7, 11) is 1.78. The molecule has 7 heteroatoms. The first kappa shape index (κ1) is 22.5. The molecular formula is C22H29N3O4. The molecule has 29 heavy (non-hydrogen) atoms. The number of nitrogens with one attached hydrogen (secondary N) is 1. The Balaban J connectivity index is 1.75. The normalized spacial score (nSPS) is 11.7. The van der Waals surface area contributed by atoms with Crippen LogP contribution in [0.15, 0.2) is 48.7 Å². The summed E-state index contributed by atoms with van der Waals surface area (Å²) in [6.07, 6.45) is 5.10. The maximum atomic E-state index is 12.5. The zero-order chi connectivity index (χ0) is 21.1. The molecule has 1 heterocycles. The van der Waals surface area contributed by atoms with Gasteiger partial charge in [-0.05, 0) is 42.7 Å². The van der Waals surface area contributed by atoms with Gasteiger partial charge in [0, 0.05) is 38.2 Å². The summed E-state index contributed by atoms with van der Waals surface area (Å²) in [5.74, 6) is -0.408. The average Bonchev–Trinajstić information content (AvgIpc) is 2.76. The van der Waals surface area contributed by atoms with Gasteiger partial charge in [0.05, 0.1) is 11.8 Å². The van der Waals surface area contributed by atoms with Gasteiger partial charge < -0.3 is 10.0 Å². The lowest BCUT2D eigenvalue weighted by atomic mass is 10.0. The van der Waals surface area contributed by atoms with E-state index in [1.807, 2.05) is 24.3 Å². The van der Waals surface area contributed by atoms with Gasteiger partial charge in [-0.2, -0.15) is 0 Å². The van der Waals surface area contributed by atoms with Gasteiger partial charge in [0.1, 0.15) is 0 Å². The number of hydrogen-bond acceptors (Lipinski definition) is 5. The molecule has 0 spiro atoms. The maximum absolute atomic E-state index is 12.5. The lowest BCUT2D eigenvalue weighted by molar-refractivity contribution is -0.129. The number of hydroxylamine groups is 1. The molecule has 0 bridgehead atoms. The zero-order valence-electron chi connectivity index (χ0n) is 16.8.